The molecule has 0 radical (unpaired) electrons. The van der Waals surface area contributed by atoms with E-state index in [9.17, 15) is 16.8 Å². The number of fused-ring (bicyclic) bond motifs is 1. The van der Waals surface area contributed by atoms with Gasteiger partial charge < -0.3 is 5.32 Å². The molecule has 2 aliphatic rings. The van der Waals surface area contributed by atoms with Crippen LogP contribution in [-0.4, -0.2) is 20.9 Å². The maximum atomic E-state index is 13.0. The quantitative estimate of drug-likeness (QED) is 0.574. The van der Waals surface area contributed by atoms with Gasteiger partial charge in [0.25, 0.3) is 0 Å². The first-order chi connectivity index (χ1) is 15.0. The molecule has 0 amide bonds. The molecule has 3 unspecified atom stereocenters. The van der Waals surface area contributed by atoms with E-state index < -0.39 is 35.5 Å². The highest BCUT2D eigenvalue weighted by Gasteiger charge is 2.62. The summed E-state index contributed by atoms with van der Waals surface area (Å²) in [5.41, 5.74) is 2.05. The molecule has 0 spiro atoms. The summed E-state index contributed by atoms with van der Waals surface area (Å²) in [4.78, 5) is 0. The van der Waals surface area contributed by atoms with Crippen LogP contribution in [0, 0.1) is 11.3 Å². The van der Waals surface area contributed by atoms with E-state index in [0.29, 0.717) is 6.54 Å². The Bertz CT molecular complexity index is 1260. The lowest BCUT2D eigenvalue weighted by molar-refractivity contribution is 0.241. The molecular formula is C23H27N3O4S2. The van der Waals surface area contributed by atoms with Gasteiger partial charge in [-0.25, -0.2) is 27.1 Å². The van der Waals surface area contributed by atoms with E-state index in [0.717, 1.165) is 16.7 Å². The monoisotopic (exact) mass is 473 g/mol. The topological polar surface area (TPSA) is 132 Å². The Hall–Kier alpha value is -2.30. The first kappa shape index (κ1) is 22.9. The van der Waals surface area contributed by atoms with Crippen LogP contribution in [0.25, 0.3) is 6.08 Å². The molecule has 32 heavy (non-hydrogen) atoms. The van der Waals surface area contributed by atoms with Gasteiger partial charge >= 0.3 is 0 Å². The first-order valence-corrected chi connectivity index (χ1v) is 13.4. The minimum Gasteiger partial charge on any atom is -0.305 e. The molecule has 0 bridgehead atoms. The molecule has 0 aromatic heterocycles. The van der Waals surface area contributed by atoms with Gasteiger partial charge in [-0.3, -0.25) is 0 Å². The average molecular weight is 474 g/mol. The lowest BCUT2D eigenvalue weighted by atomic mass is 9.70. The Kier molecular flexibility index (Phi) is 5.67. The van der Waals surface area contributed by atoms with Crippen molar-refractivity contribution >= 4 is 26.1 Å². The second-order valence-corrected chi connectivity index (χ2v) is 12.6. The number of sulfonamides is 2. The van der Waals surface area contributed by atoms with E-state index in [2.05, 4.69) is 5.32 Å². The molecule has 7 nitrogen and oxygen atoms in total. The lowest BCUT2D eigenvalue weighted by Crippen LogP contribution is -2.61. The molecule has 3 atom stereocenters. The zero-order valence-corrected chi connectivity index (χ0v) is 19.3. The molecule has 0 saturated heterocycles. The van der Waals surface area contributed by atoms with Crippen molar-refractivity contribution in [1.29, 1.82) is 0 Å². The lowest BCUT2D eigenvalue weighted by Gasteiger charge is -2.46. The molecule has 170 valence electrons. The summed E-state index contributed by atoms with van der Waals surface area (Å²) in [6, 6.07) is 16.7. The largest absolute Gasteiger partial charge is 0.305 e. The van der Waals surface area contributed by atoms with E-state index in [1.807, 2.05) is 67.6 Å². The van der Waals surface area contributed by atoms with Crippen molar-refractivity contribution in [2.75, 3.05) is 0 Å². The average Bonchev–Trinajstić information content (AvgIpc) is 3.17. The van der Waals surface area contributed by atoms with Gasteiger partial charge in [0.1, 0.15) is 0 Å². The summed E-state index contributed by atoms with van der Waals surface area (Å²) >= 11 is 0. The van der Waals surface area contributed by atoms with E-state index in [1.165, 1.54) is 0 Å². The van der Waals surface area contributed by atoms with Crippen LogP contribution in [-0.2, 0) is 26.6 Å². The summed E-state index contributed by atoms with van der Waals surface area (Å²) in [5, 5.41) is 14.7. The summed E-state index contributed by atoms with van der Waals surface area (Å²) < 4.78 is 49.4. The highest BCUT2D eigenvalue weighted by molar-refractivity contribution is 8.08. The van der Waals surface area contributed by atoms with Crippen molar-refractivity contribution in [1.82, 2.24) is 5.32 Å². The molecule has 1 aliphatic heterocycles. The number of hydrogen-bond donors (Lipinski definition) is 3. The van der Waals surface area contributed by atoms with Crippen LogP contribution < -0.4 is 15.6 Å². The molecule has 2 aromatic carbocycles. The number of primary sulfonamides is 2. The third-order valence-corrected chi connectivity index (χ3v) is 10.8. The van der Waals surface area contributed by atoms with Crippen LogP contribution in [0.4, 0.5) is 0 Å². The summed E-state index contributed by atoms with van der Waals surface area (Å²) in [6.45, 7) is 2.45. The van der Waals surface area contributed by atoms with E-state index in [4.69, 9.17) is 10.3 Å². The molecular weight excluding hydrogens is 446 g/mol. The van der Waals surface area contributed by atoms with Gasteiger partial charge in [0.05, 0.1) is 0 Å². The molecule has 5 N–H and O–H groups in total. The summed E-state index contributed by atoms with van der Waals surface area (Å²) in [6.07, 6.45) is 6.47. The molecule has 2 aromatic rings. The smallest absolute Gasteiger partial charge is 0.231 e. The van der Waals surface area contributed by atoms with Gasteiger partial charge in [-0.15, -0.1) is 0 Å². The Morgan fingerprint density at radius 1 is 0.969 bits per heavy atom. The third-order valence-electron chi connectivity index (χ3n) is 6.60. The molecule has 1 heterocycles. The van der Waals surface area contributed by atoms with Crippen LogP contribution in [0.1, 0.15) is 36.1 Å². The minimum absolute atomic E-state index is 0.274. The fourth-order valence-corrected chi connectivity index (χ4v) is 8.39. The number of benzene rings is 2. The SMILES string of the molecule is CC1(C2NCc3ccccc32)C=CC(C=Cc2ccccc2)C(S(N)(=O)=O)(S(N)(=O)=O)C1. The van der Waals surface area contributed by atoms with Crippen molar-refractivity contribution in [3.63, 3.8) is 0 Å². The van der Waals surface area contributed by atoms with Gasteiger partial charge in [0.2, 0.25) is 24.1 Å². The van der Waals surface area contributed by atoms with Crippen LogP contribution in [0.3, 0.4) is 0 Å². The van der Waals surface area contributed by atoms with Gasteiger partial charge in [-0.05, 0) is 23.1 Å². The molecule has 0 fully saturated rings. The van der Waals surface area contributed by atoms with E-state index in [1.54, 1.807) is 18.2 Å². The molecule has 1 aliphatic carbocycles. The number of nitrogens with one attached hydrogen (secondary N) is 1. The van der Waals surface area contributed by atoms with E-state index in [-0.39, 0.29) is 12.5 Å². The van der Waals surface area contributed by atoms with Crippen molar-refractivity contribution < 1.29 is 16.8 Å². The summed E-state index contributed by atoms with van der Waals surface area (Å²) in [5.74, 6) is -1.04. The van der Waals surface area contributed by atoms with Gasteiger partial charge in [-0.2, -0.15) is 0 Å². The second-order valence-electron chi connectivity index (χ2n) is 8.75. The first-order valence-electron chi connectivity index (χ1n) is 10.3. The molecule has 0 saturated carbocycles. The molecule has 9 heteroatoms. The Labute approximate surface area is 189 Å². The standard InChI is InChI=1S/C23H27N3O4S2/c1-22(21-20-10-6-5-9-18(20)15-26-21)14-13-19(12-11-17-7-3-2-4-8-17)23(16-22,31(24,27)28)32(25,29)30/h2-14,19,21,26H,15-16H2,1H3,(H2,24,27,28)(H2,25,29,30). The minimum atomic E-state index is -4.62. The Morgan fingerprint density at radius 2 is 1.59 bits per heavy atom. The molecule has 4 rings (SSSR count). The predicted octanol–water partition coefficient (Wildman–Crippen LogP) is 2.40. The van der Waals surface area contributed by atoms with Crippen molar-refractivity contribution in [2.45, 2.75) is 30.0 Å². The summed E-state index contributed by atoms with van der Waals surface area (Å²) in [7, 11) is -9.24. The third kappa shape index (κ3) is 3.74. The van der Waals surface area contributed by atoms with Crippen LogP contribution >= 0.6 is 0 Å². The van der Waals surface area contributed by atoms with E-state index >= 15 is 0 Å². The normalized spacial score (nSPS) is 27.5. The van der Waals surface area contributed by atoms with Crippen LogP contribution in [0.5, 0.6) is 0 Å². The Balaban J connectivity index is 1.86. The highest BCUT2D eigenvalue weighted by atomic mass is 32.3. The van der Waals surface area contributed by atoms with Gasteiger partial charge in [0.15, 0.2) is 0 Å². The van der Waals surface area contributed by atoms with Crippen LogP contribution in [0.15, 0.2) is 72.8 Å². The zero-order valence-electron chi connectivity index (χ0n) is 17.7. The maximum Gasteiger partial charge on any atom is 0.231 e. The predicted molar refractivity (Wildman–Crippen MR) is 126 cm³/mol. The maximum absolute atomic E-state index is 13.0. The van der Waals surface area contributed by atoms with Crippen molar-refractivity contribution in [3.05, 3.63) is 89.5 Å². The number of allylic oxidation sites excluding steroid dienone is 2. The number of hydrogen-bond acceptors (Lipinski definition) is 5. The Morgan fingerprint density at radius 3 is 2.25 bits per heavy atom. The second kappa shape index (κ2) is 7.93. The highest BCUT2D eigenvalue weighted by Crippen LogP contribution is 2.53. The van der Waals surface area contributed by atoms with Gasteiger partial charge in [0, 0.05) is 23.9 Å². The number of rotatable bonds is 5. The van der Waals surface area contributed by atoms with Crippen LogP contribution in [0.2, 0.25) is 0 Å². The zero-order chi connectivity index (χ0) is 23.2. The fourth-order valence-electron chi connectivity index (χ4n) is 5.00. The van der Waals surface area contributed by atoms with Gasteiger partial charge in [-0.1, -0.05) is 85.8 Å². The van der Waals surface area contributed by atoms with Crippen molar-refractivity contribution in [2.24, 2.45) is 21.6 Å². The number of nitrogens with two attached hydrogens (primary N) is 2. The van der Waals surface area contributed by atoms with Crippen molar-refractivity contribution in [3.8, 4) is 0 Å². The fraction of sp³-hybridized carbons (Fsp3) is 0.304.